The van der Waals surface area contributed by atoms with E-state index >= 15 is 0 Å². The summed E-state index contributed by atoms with van der Waals surface area (Å²) in [6.45, 7) is 5.49. The predicted molar refractivity (Wildman–Crippen MR) is 82.3 cm³/mol. The number of hydrogen-bond donors (Lipinski definition) is 2. The Labute approximate surface area is 125 Å². The topological polar surface area (TPSA) is 61.4 Å². The Bertz CT molecular complexity index is 507. The van der Waals surface area contributed by atoms with Crippen molar-refractivity contribution in [3.63, 3.8) is 0 Å². The second-order valence-electron chi connectivity index (χ2n) is 4.97. The van der Waals surface area contributed by atoms with Crippen LogP contribution >= 0.6 is 11.3 Å². The minimum Gasteiger partial charge on any atom is -0.317 e. The standard InChI is InChI=1S/C13H23N3O2S2/c1-2-14-9-8-12-6-7-13(19-12)20(17,18)15-16-10-4-3-5-11-16/h6-7,14-15H,2-5,8-11H2,1H3. The highest BCUT2D eigenvalue weighted by molar-refractivity contribution is 7.91. The number of thiophene rings is 1. The molecule has 1 aliphatic rings. The SMILES string of the molecule is CCNCCc1ccc(S(=O)(=O)NN2CCCCC2)s1. The van der Waals surface area contributed by atoms with Gasteiger partial charge in [0.15, 0.2) is 0 Å². The van der Waals surface area contributed by atoms with Crippen molar-refractivity contribution in [2.24, 2.45) is 0 Å². The lowest BCUT2D eigenvalue weighted by Crippen LogP contribution is -2.44. The molecule has 2 N–H and O–H groups in total. The van der Waals surface area contributed by atoms with E-state index in [1.165, 1.54) is 17.8 Å². The van der Waals surface area contributed by atoms with Gasteiger partial charge < -0.3 is 5.32 Å². The monoisotopic (exact) mass is 317 g/mol. The molecule has 0 amide bonds. The molecule has 1 aromatic heterocycles. The Morgan fingerprint density at radius 2 is 2.00 bits per heavy atom. The zero-order chi connectivity index (χ0) is 14.4. The molecule has 2 heterocycles. The average Bonchev–Trinajstić information content (AvgIpc) is 2.89. The van der Waals surface area contributed by atoms with Crippen LogP contribution in [0.5, 0.6) is 0 Å². The van der Waals surface area contributed by atoms with Gasteiger partial charge in [-0.2, -0.15) is 0 Å². The maximum absolute atomic E-state index is 12.3. The Morgan fingerprint density at radius 1 is 1.25 bits per heavy atom. The maximum Gasteiger partial charge on any atom is 0.262 e. The first-order chi connectivity index (χ1) is 9.62. The summed E-state index contributed by atoms with van der Waals surface area (Å²) in [5.74, 6) is 0. The van der Waals surface area contributed by atoms with Crippen molar-refractivity contribution in [3.8, 4) is 0 Å². The van der Waals surface area contributed by atoms with Gasteiger partial charge in [-0.05, 0) is 44.5 Å². The van der Waals surface area contributed by atoms with Crippen molar-refractivity contribution in [2.75, 3.05) is 26.2 Å². The summed E-state index contributed by atoms with van der Waals surface area (Å²) in [7, 11) is -3.40. The van der Waals surface area contributed by atoms with E-state index in [4.69, 9.17) is 0 Å². The summed E-state index contributed by atoms with van der Waals surface area (Å²) >= 11 is 1.36. The number of rotatable bonds is 7. The van der Waals surface area contributed by atoms with Crippen molar-refractivity contribution >= 4 is 21.4 Å². The third-order valence-electron chi connectivity index (χ3n) is 3.31. The van der Waals surface area contributed by atoms with Crippen LogP contribution in [0.2, 0.25) is 0 Å². The van der Waals surface area contributed by atoms with Gasteiger partial charge in [-0.1, -0.05) is 13.3 Å². The van der Waals surface area contributed by atoms with Crippen molar-refractivity contribution in [1.29, 1.82) is 0 Å². The van der Waals surface area contributed by atoms with Gasteiger partial charge in [-0.3, -0.25) is 0 Å². The summed E-state index contributed by atoms with van der Waals surface area (Å²) in [5, 5.41) is 5.06. The summed E-state index contributed by atoms with van der Waals surface area (Å²) < 4.78 is 25.0. The normalized spacial score (nSPS) is 17.4. The average molecular weight is 317 g/mol. The first-order valence-corrected chi connectivity index (χ1v) is 9.48. The van der Waals surface area contributed by atoms with Crippen LogP contribution in [-0.4, -0.2) is 39.6 Å². The molecule has 0 bridgehead atoms. The molecular formula is C13H23N3O2S2. The molecule has 7 heteroatoms. The van der Waals surface area contributed by atoms with Crippen LogP contribution in [0.25, 0.3) is 0 Å². The van der Waals surface area contributed by atoms with Crippen LogP contribution in [0.1, 0.15) is 31.1 Å². The van der Waals surface area contributed by atoms with E-state index in [9.17, 15) is 8.42 Å². The van der Waals surface area contributed by atoms with E-state index in [1.807, 2.05) is 11.1 Å². The van der Waals surface area contributed by atoms with Crippen LogP contribution in [0, 0.1) is 0 Å². The van der Waals surface area contributed by atoms with Gasteiger partial charge in [0.25, 0.3) is 10.0 Å². The first-order valence-electron chi connectivity index (χ1n) is 7.18. The van der Waals surface area contributed by atoms with Gasteiger partial charge in [0.2, 0.25) is 0 Å². The first kappa shape index (κ1) is 15.9. The molecule has 1 aliphatic heterocycles. The molecule has 0 atom stereocenters. The van der Waals surface area contributed by atoms with Gasteiger partial charge in [0.05, 0.1) is 0 Å². The fourth-order valence-corrected chi connectivity index (χ4v) is 4.69. The molecule has 0 saturated carbocycles. The molecular weight excluding hydrogens is 294 g/mol. The van der Waals surface area contributed by atoms with Crippen LogP contribution in [0.3, 0.4) is 0 Å². The van der Waals surface area contributed by atoms with Gasteiger partial charge in [0.1, 0.15) is 4.21 Å². The van der Waals surface area contributed by atoms with Crippen LogP contribution < -0.4 is 10.1 Å². The Kier molecular flexibility index (Phi) is 5.98. The van der Waals surface area contributed by atoms with Crippen molar-refractivity contribution < 1.29 is 8.42 Å². The highest BCUT2D eigenvalue weighted by Crippen LogP contribution is 2.22. The molecule has 0 spiro atoms. The summed E-state index contributed by atoms with van der Waals surface area (Å²) in [6, 6.07) is 3.62. The second kappa shape index (κ2) is 7.51. The Balaban J connectivity index is 1.94. The molecule has 20 heavy (non-hydrogen) atoms. The van der Waals surface area contributed by atoms with Crippen molar-refractivity contribution in [3.05, 3.63) is 17.0 Å². The Morgan fingerprint density at radius 3 is 2.70 bits per heavy atom. The molecule has 1 fully saturated rings. The lowest BCUT2D eigenvalue weighted by atomic mass is 10.2. The molecule has 0 aliphatic carbocycles. The number of nitrogens with zero attached hydrogens (tertiary/aromatic N) is 1. The largest absolute Gasteiger partial charge is 0.317 e. The molecule has 1 aromatic rings. The van der Waals surface area contributed by atoms with E-state index in [0.29, 0.717) is 4.21 Å². The maximum atomic E-state index is 12.3. The van der Waals surface area contributed by atoms with Gasteiger partial charge in [-0.15, -0.1) is 16.2 Å². The summed E-state index contributed by atoms with van der Waals surface area (Å²) in [6.07, 6.45) is 4.17. The highest BCUT2D eigenvalue weighted by Gasteiger charge is 2.21. The fourth-order valence-electron chi connectivity index (χ4n) is 2.23. The van der Waals surface area contributed by atoms with Crippen molar-refractivity contribution in [2.45, 2.75) is 36.8 Å². The quantitative estimate of drug-likeness (QED) is 0.750. The number of nitrogens with one attached hydrogen (secondary N) is 2. The number of piperidine rings is 1. The minimum atomic E-state index is -3.40. The highest BCUT2D eigenvalue weighted by atomic mass is 32.2. The zero-order valence-corrected chi connectivity index (χ0v) is 13.5. The molecule has 0 unspecified atom stereocenters. The summed E-state index contributed by atoms with van der Waals surface area (Å²) in [4.78, 5) is 3.79. The molecule has 2 rings (SSSR count). The van der Waals surface area contributed by atoms with Gasteiger partial charge in [-0.25, -0.2) is 13.4 Å². The number of hydrogen-bond acceptors (Lipinski definition) is 5. The van der Waals surface area contributed by atoms with Crippen molar-refractivity contribution in [1.82, 2.24) is 15.2 Å². The van der Waals surface area contributed by atoms with Crippen LogP contribution in [-0.2, 0) is 16.4 Å². The van der Waals surface area contributed by atoms with Gasteiger partial charge >= 0.3 is 0 Å². The van der Waals surface area contributed by atoms with E-state index in [2.05, 4.69) is 17.1 Å². The van der Waals surface area contributed by atoms with E-state index in [0.717, 1.165) is 50.3 Å². The van der Waals surface area contributed by atoms with E-state index in [-0.39, 0.29) is 0 Å². The lowest BCUT2D eigenvalue weighted by molar-refractivity contribution is 0.200. The molecule has 0 radical (unpaired) electrons. The number of likely N-dealkylation sites (N-methyl/N-ethyl adjacent to an activating group) is 1. The minimum absolute atomic E-state index is 0.412. The molecule has 0 aromatic carbocycles. The molecule has 5 nitrogen and oxygen atoms in total. The lowest BCUT2D eigenvalue weighted by Gasteiger charge is -2.26. The van der Waals surface area contributed by atoms with E-state index in [1.54, 1.807) is 6.07 Å². The third kappa shape index (κ3) is 4.53. The second-order valence-corrected chi connectivity index (χ2v) is 8.02. The fraction of sp³-hybridized carbons (Fsp3) is 0.692. The molecule has 1 saturated heterocycles. The zero-order valence-electron chi connectivity index (χ0n) is 11.9. The van der Waals surface area contributed by atoms with Crippen LogP contribution in [0.15, 0.2) is 16.3 Å². The predicted octanol–water partition coefficient (Wildman–Crippen LogP) is 1.58. The summed E-state index contributed by atoms with van der Waals surface area (Å²) in [5.41, 5.74) is 0. The molecule has 114 valence electrons. The Hall–Kier alpha value is -0.470. The van der Waals surface area contributed by atoms with Gasteiger partial charge in [0, 0.05) is 18.0 Å². The number of hydrazine groups is 1. The smallest absolute Gasteiger partial charge is 0.262 e. The van der Waals surface area contributed by atoms with E-state index < -0.39 is 10.0 Å². The third-order valence-corrected chi connectivity index (χ3v) is 6.32. The van der Waals surface area contributed by atoms with Crippen LogP contribution in [0.4, 0.5) is 0 Å². The number of sulfonamides is 1.